The average molecular weight is 577 g/mol. The number of methoxy groups -OCH3 is 2. The van der Waals surface area contributed by atoms with Crippen LogP contribution in [-0.4, -0.2) is 72.7 Å². The Hall–Kier alpha value is -3.12. The third-order valence-electron chi connectivity index (χ3n) is 6.56. The van der Waals surface area contributed by atoms with Gasteiger partial charge in [-0.3, -0.25) is 0 Å². The Labute approximate surface area is 230 Å². The van der Waals surface area contributed by atoms with Crippen LogP contribution < -0.4 is 14.4 Å². The minimum atomic E-state index is -3.83. The van der Waals surface area contributed by atoms with Crippen molar-refractivity contribution in [3.63, 3.8) is 0 Å². The van der Waals surface area contributed by atoms with Crippen molar-refractivity contribution in [3.05, 3.63) is 58.5 Å². The van der Waals surface area contributed by atoms with Gasteiger partial charge in [0.2, 0.25) is 10.0 Å². The lowest BCUT2D eigenvalue weighted by molar-refractivity contribution is 0.355. The molecule has 0 unspecified atom stereocenters. The fraction of sp³-hybridized carbons (Fsp3) is 0.320. The van der Waals surface area contributed by atoms with Crippen molar-refractivity contribution in [2.24, 2.45) is 0 Å². The number of nitrogens with zero attached hydrogens (tertiary/aromatic N) is 6. The van der Waals surface area contributed by atoms with Crippen LogP contribution >= 0.6 is 23.2 Å². The Morgan fingerprint density at radius 1 is 0.921 bits per heavy atom. The highest BCUT2D eigenvalue weighted by Crippen LogP contribution is 2.37. The Bertz CT molecular complexity index is 1610. The van der Waals surface area contributed by atoms with Gasteiger partial charge in [-0.25, -0.2) is 13.4 Å². The molecular formula is C25H26Cl2N6O4S. The van der Waals surface area contributed by atoms with E-state index in [1.165, 1.54) is 22.8 Å². The molecule has 2 aromatic heterocycles. The number of aryl methyl sites for hydroxylation is 1. The molecule has 0 N–H and O–H groups in total. The summed E-state index contributed by atoms with van der Waals surface area (Å²) in [6, 6.07) is 8.63. The summed E-state index contributed by atoms with van der Waals surface area (Å²) in [5, 5.41) is 4.95. The Kier molecular flexibility index (Phi) is 7.36. The second-order valence-corrected chi connectivity index (χ2v) is 11.5. The second kappa shape index (κ2) is 10.6. The molecule has 4 aromatic rings. The molecule has 0 spiro atoms. The molecule has 1 saturated heterocycles. The first-order chi connectivity index (χ1) is 18.2. The van der Waals surface area contributed by atoms with Crippen LogP contribution in [0.3, 0.4) is 0 Å². The minimum Gasteiger partial charge on any atom is -0.493 e. The fourth-order valence-electron chi connectivity index (χ4n) is 4.59. The molecule has 0 atom stereocenters. The van der Waals surface area contributed by atoms with Gasteiger partial charge >= 0.3 is 0 Å². The van der Waals surface area contributed by atoms with E-state index in [1.807, 2.05) is 18.2 Å². The summed E-state index contributed by atoms with van der Waals surface area (Å²) in [5.74, 6) is 2.40. The Morgan fingerprint density at radius 2 is 1.71 bits per heavy atom. The number of anilines is 1. The smallest absolute Gasteiger partial charge is 0.254 e. The highest BCUT2D eigenvalue weighted by atomic mass is 35.5. The maximum absolute atomic E-state index is 13.6. The quantitative estimate of drug-likeness (QED) is 0.334. The first-order valence-electron chi connectivity index (χ1n) is 11.9. The van der Waals surface area contributed by atoms with Crippen molar-refractivity contribution in [1.29, 1.82) is 0 Å². The van der Waals surface area contributed by atoms with Crippen LogP contribution in [0.5, 0.6) is 11.5 Å². The van der Waals surface area contributed by atoms with Gasteiger partial charge < -0.3 is 14.4 Å². The van der Waals surface area contributed by atoms with Crippen LogP contribution in [0.25, 0.3) is 16.9 Å². The molecule has 3 heterocycles. The molecule has 200 valence electrons. The molecule has 5 rings (SSSR count). The van der Waals surface area contributed by atoms with Crippen molar-refractivity contribution >= 4 is 44.8 Å². The van der Waals surface area contributed by atoms with Gasteiger partial charge in [0, 0.05) is 43.0 Å². The van der Waals surface area contributed by atoms with E-state index in [0.29, 0.717) is 53.9 Å². The Morgan fingerprint density at radius 3 is 2.47 bits per heavy atom. The third kappa shape index (κ3) is 4.75. The number of ether oxygens (including phenoxy) is 2. The SMILES string of the molecule is COc1ccc(-c2cnc3ncnn3c2N2CCCN(S(=O)(=O)c3cc(C)c(Cl)cc3Cl)CC2)cc1OC. The normalized spacial score (nSPS) is 15.0. The van der Waals surface area contributed by atoms with E-state index in [0.717, 1.165) is 16.9 Å². The van der Waals surface area contributed by atoms with Crippen molar-refractivity contribution in [1.82, 2.24) is 23.9 Å². The monoisotopic (exact) mass is 576 g/mol. The van der Waals surface area contributed by atoms with Crippen molar-refractivity contribution < 1.29 is 17.9 Å². The number of aromatic nitrogens is 4. The van der Waals surface area contributed by atoms with Gasteiger partial charge in [0.15, 0.2) is 11.5 Å². The van der Waals surface area contributed by atoms with E-state index in [9.17, 15) is 8.42 Å². The summed E-state index contributed by atoms with van der Waals surface area (Å²) < 4.78 is 41.2. The Balaban J connectivity index is 1.51. The highest BCUT2D eigenvalue weighted by Gasteiger charge is 2.31. The molecule has 13 heteroatoms. The van der Waals surface area contributed by atoms with Crippen molar-refractivity contribution in [3.8, 4) is 22.6 Å². The maximum Gasteiger partial charge on any atom is 0.254 e. The number of halogens is 2. The lowest BCUT2D eigenvalue weighted by Crippen LogP contribution is -2.36. The van der Waals surface area contributed by atoms with Crippen molar-refractivity contribution in [2.45, 2.75) is 18.2 Å². The van der Waals surface area contributed by atoms with E-state index >= 15 is 0 Å². The van der Waals surface area contributed by atoms with Crippen LogP contribution in [0.15, 0.2) is 47.8 Å². The molecule has 2 aromatic carbocycles. The zero-order valence-corrected chi connectivity index (χ0v) is 23.4. The standard InChI is InChI=1S/C25H26Cl2N6O4S/c1-16-11-23(20(27)13-19(16)26)38(34,35)32-8-4-7-31(9-10-32)24-18(14-28-25-29-15-30-33(24)25)17-5-6-21(36-2)22(12-17)37-3/h5-6,11-15H,4,7-10H2,1-3H3. The zero-order chi connectivity index (χ0) is 27.0. The van der Waals surface area contributed by atoms with Crippen LogP contribution in [0.2, 0.25) is 10.0 Å². The molecule has 0 aliphatic carbocycles. The fourth-order valence-corrected chi connectivity index (χ4v) is 6.87. The second-order valence-electron chi connectivity index (χ2n) is 8.81. The first kappa shape index (κ1) is 26.5. The highest BCUT2D eigenvalue weighted by molar-refractivity contribution is 7.89. The topological polar surface area (TPSA) is 102 Å². The van der Waals surface area contributed by atoms with Gasteiger partial charge in [-0.1, -0.05) is 29.3 Å². The van der Waals surface area contributed by atoms with Crippen LogP contribution in [0.4, 0.5) is 5.82 Å². The summed E-state index contributed by atoms with van der Waals surface area (Å²) in [5.41, 5.74) is 2.30. The van der Waals surface area contributed by atoms with E-state index in [1.54, 1.807) is 31.9 Å². The van der Waals surface area contributed by atoms with Gasteiger partial charge in [-0.05, 0) is 48.7 Å². The third-order valence-corrected chi connectivity index (χ3v) is 9.33. The number of sulfonamides is 1. The number of hydrogen-bond donors (Lipinski definition) is 0. The molecule has 0 amide bonds. The van der Waals surface area contributed by atoms with Crippen LogP contribution in [-0.2, 0) is 10.0 Å². The van der Waals surface area contributed by atoms with Gasteiger partial charge in [0.05, 0.1) is 19.2 Å². The summed E-state index contributed by atoms with van der Waals surface area (Å²) in [6.45, 7) is 3.37. The molecule has 38 heavy (non-hydrogen) atoms. The molecule has 1 fully saturated rings. The van der Waals surface area contributed by atoms with Gasteiger partial charge in [-0.2, -0.15) is 18.9 Å². The number of fused-ring (bicyclic) bond motifs is 1. The van der Waals surface area contributed by atoms with Gasteiger partial charge in [0.1, 0.15) is 17.0 Å². The maximum atomic E-state index is 13.6. The minimum absolute atomic E-state index is 0.0584. The molecule has 0 radical (unpaired) electrons. The summed E-state index contributed by atoms with van der Waals surface area (Å²) >= 11 is 12.5. The van der Waals surface area contributed by atoms with Gasteiger partial charge in [-0.15, -0.1) is 0 Å². The predicted octanol–water partition coefficient (Wildman–Crippen LogP) is 4.32. The molecular weight excluding hydrogens is 551 g/mol. The van der Waals surface area contributed by atoms with Gasteiger partial charge in [0.25, 0.3) is 5.78 Å². The summed E-state index contributed by atoms with van der Waals surface area (Å²) in [6.07, 6.45) is 3.78. The average Bonchev–Trinajstić information content (AvgIpc) is 3.25. The van der Waals surface area contributed by atoms with Crippen LogP contribution in [0, 0.1) is 6.92 Å². The van der Waals surface area contributed by atoms with Crippen molar-refractivity contribution in [2.75, 3.05) is 45.3 Å². The van der Waals surface area contributed by atoms with Crippen LogP contribution in [0.1, 0.15) is 12.0 Å². The largest absolute Gasteiger partial charge is 0.493 e. The molecule has 10 nitrogen and oxygen atoms in total. The van der Waals surface area contributed by atoms with E-state index < -0.39 is 10.0 Å². The lowest BCUT2D eigenvalue weighted by Gasteiger charge is -2.26. The number of rotatable bonds is 6. The molecule has 0 bridgehead atoms. The van der Waals surface area contributed by atoms with E-state index in [4.69, 9.17) is 32.7 Å². The molecule has 1 aliphatic rings. The summed E-state index contributed by atoms with van der Waals surface area (Å²) in [7, 11) is -0.665. The predicted molar refractivity (Wildman–Crippen MR) is 146 cm³/mol. The van der Waals surface area contributed by atoms with E-state index in [2.05, 4.69) is 20.0 Å². The number of hydrogen-bond acceptors (Lipinski definition) is 8. The molecule has 0 saturated carbocycles. The zero-order valence-electron chi connectivity index (χ0n) is 21.1. The number of benzene rings is 2. The first-order valence-corrected chi connectivity index (χ1v) is 14.1. The lowest BCUT2D eigenvalue weighted by atomic mass is 10.1. The summed E-state index contributed by atoms with van der Waals surface area (Å²) in [4.78, 5) is 10.9. The van der Waals surface area contributed by atoms with E-state index in [-0.39, 0.29) is 16.5 Å². The molecule has 1 aliphatic heterocycles.